The average molecular weight is 207 g/mol. The highest BCUT2D eigenvalue weighted by Crippen LogP contribution is 2.33. The predicted molar refractivity (Wildman–Crippen MR) is 55.6 cm³/mol. The Kier molecular flexibility index (Phi) is 3.36. The van der Waals surface area contributed by atoms with E-state index < -0.39 is 0 Å². The van der Waals surface area contributed by atoms with Crippen molar-refractivity contribution >= 4 is 0 Å². The summed E-state index contributed by atoms with van der Waals surface area (Å²) in [7, 11) is 1.67. The van der Waals surface area contributed by atoms with Crippen LogP contribution in [-0.2, 0) is 19.8 Å². The highest BCUT2D eigenvalue weighted by atomic mass is 16.6. The van der Waals surface area contributed by atoms with Crippen LogP contribution in [-0.4, -0.2) is 33.5 Å². The Morgan fingerprint density at radius 2 is 2.07 bits per heavy atom. The van der Waals surface area contributed by atoms with Crippen molar-refractivity contribution in [3.8, 4) is 0 Å². The zero-order valence-electron chi connectivity index (χ0n) is 8.86. The Hall–Kier alpha value is -0.900. The van der Waals surface area contributed by atoms with E-state index in [0.29, 0.717) is 26.4 Å². The molecule has 0 amide bonds. The van der Waals surface area contributed by atoms with Crippen LogP contribution in [0.15, 0.2) is 24.3 Å². The molecule has 0 bridgehead atoms. The summed E-state index contributed by atoms with van der Waals surface area (Å²) in [5.74, 6) is 0. The van der Waals surface area contributed by atoms with Crippen LogP contribution >= 0.6 is 0 Å². The Morgan fingerprint density at radius 1 is 1.33 bits per heavy atom. The van der Waals surface area contributed by atoms with E-state index in [1.54, 1.807) is 7.11 Å². The zero-order chi connectivity index (χ0) is 10.6. The first kappa shape index (κ1) is 10.6. The van der Waals surface area contributed by atoms with Crippen molar-refractivity contribution in [1.82, 2.24) is 0 Å². The van der Waals surface area contributed by atoms with Gasteiger partial charge in [0, 0.05) is 7.11 Å². The lowest BCUT2D eigenvalue weighted by Crippen LogP contribution is -2.49. The molecule has 0 atom stereocenters. The molecule has 1 aliphatic heterocycles. The molecule has 0 spiro atoms. The Morgan fingerprint density at radius 3 is 2.60 bits per heavy atom. The van der Waals surface area contributed by atoms with Crippen molar-refractivity contribution in [3.05, 3.63) is 35.9 Å². The number of methoxy groups -OCH3 is 1. The monoisotopic (exact) mass is 207 g/mol. The van der Waals surface area contributed by atoms with Gasteiger partial charge >= 0.3 is 0 Å². The van der Waals surface area contributed by atoms with Crippen LogP contribution in [0.3, 0.4) is 0 Å². The normalized spacial score (nSPS) is 18.5. The highest BCUT2D eigenvalue weighted by Gasteiger charge is 2.41. The molecule has 1 aromatic rings. The van der Waals surface area contributed by atoms with E-state index in [2.05, 4.69) is 6.07 Å². The number of hydrogen-bond acceptors (Lipinski definition) is 3. The number of rotatable bonds is 5. The molecule has 1 fully saturated rings. The number of ether oxygens (including phenoxy) is 3. The Balaban J connectivity index is 2.02. The first-order chi connectivity index (χ1) is 7.37. The van der Waals surface area contributed by atoms with Gasteiger partial charge in [0.15, 0.2) is 0 Å². The van der Waals surface area contributed by atoms with Crippen molar-refractivity contribution in [2.45, 2.75) is 5.60 Å². The number of benzene rings is 1. The Labute approximate surface area is 90.0 Å². The third-order valence-corrected chi connectivity index (χ3v) is 2.58. The van der Waals surface area contributed by atoms with Crippen LogP contribution in [0.2, 0.25) is 0 Å². The maximum absolute atomic E-state index is 5.83. The van der Waals surface area contributed by atoms with Gasteiger partial charge in [-0.15, -0.1) is 0 Å². The van der Waals surface area contributed by atoms with Crippen LogP contribution in [0.1, 0.15) is 5.56 Å². The minimum atomic E-state index is -0.256. The molecule has 0 N–H and O–H groups in total. The van der Waals surface area contributed by atoms with Gasteiger partial charge in [0.2, 0.25) is 0 Å². The number of hydrogen-bond donors (Lipinski definition) is 0. The maximum Gasteiger partial charge on any atom is 0.140 e. The Bertz CT molecular complexity index is 293. The second-order valence-corrected chi connectivity index (χ2v) is 3.62. The van der Waals surface area contributed by atoms with Gasteiger partial charge in [-0.05, 0) is 11.6 Å². The lowest BCUT2D eigenvalue weighted by Gasteiger charge is -2.41. The summed E-state index contributed by atoms with van der Waals surface area (Å²) >= 11 is 0. The third kappa shape index (κ3) is 2.20. The molecule has 0 unspecified atom stereocenters. The molecule has 1 radical (unpaired) electrons. The molecule has 1 heterocycles. The molecule has 81 valence electrons. The van der Waals surface area contributed by atoms with Gasteiger partial charge in [0.05, 0.1) is 26.4 Å². The van der Waals surface area contributed by atoms with Crippen molar-refractivity contribution in [2.75, 3.05) is 33.5 Å². The molecule has 3 nitrogen and oxygen atoms in total. The van der Waals surface area contributed by atoms with E-state index in [9.17, 15) is 0 Å². The van der Waals surface area contributed by atoms with Gasteiger partial charge in [-0.1, -0.05) is 24.3 Å². The topological polar surface area (TPSA) is 27.7 Å². The summed E-state index contributed by atoms with van der Waals surface area (Å²) in [6, 6.07) is 10.8. The highest BCUT2D eigenvalue weighted by molar-refractivity contribution is 5.24. The molecule has 3 heteroatoms. The SMILES string of the molecule is COCCOC1(c2cc[c]cc2)COC1. The van der Waals surface area contributed by atoms with Crippen molar-refractivity contribution in [3.63, 3.8) is 0 Å². The molecular weight excluding hydrogens is 192 g/mol. The smallest absolute Gasteiger partial charge is 0.140 e. The molecule has 15 heavy (non-hydrogen) atoms. The van der Waals surface area contributed by atoms with Crippen molar-refractivity contribution < 1.29 is 14.2 Å². The predicted octanol–water partition coefficient (Wildman–Crippen LogP) is 1.38. The lowest BCUT2D eigenvalue weighted by molar-refractivity contribution is -0.220. The van der Waals surface area contributed by atoms with E-state index in [0.717, 1.165) is 5.56 Å². The molecule has 1 saturated heterocycles. The molecule has 1 aromatic carbocycles. The summed E-state index contributed by atoms with van der Waals surface area (Å²) in [6.07, 6.45) is 0. The lowest BCUT2D eigenvalue weighted by atomic mass is 9.92. The van der Waals surface area contributed by atoms with Crippen LogP contribution in [0, 0.1) is 6.07 Å². The molecular formula is C12H15O3. The molecule has 1 aliphatic rings. The second kappa shape index (κ2) is 4.75. The van der Waals surface area contributed by atoms with Crippen molar-refractivity contribution in [2.24, 2.45) is 0 Å². The van der Waals surface area contributed by atoms with Crippen LogP contribution in [0.25, 0.3) is 0 Å². The fourth-order valence-electron chi connectivity index (χ4n) is 1.63. The summed E-state index contributed by atoms with van der Waals surface area (Å²) < 4.78 is 16.0. The summed E-state index contributed by atoms with van der Waals surface area (Å²) in [6.45, 7) is 2.46. The minimum absolute atomic E-state index is 0.256. The van der Waals surface area contributed by atoms with Gasteiger partial charge in [-0.2, -0.15) is 0 Å². The largest absolute Gasteiger partial charge is 0.382 e. The van der Waals surface area contributed by atoms with E-state index in [-0.39, 0.29) is 5.60 Å². The standard InChI is InChI=1S/C12H15O3/c1-13-7-8-15-12(9-14-10-12)11-5-3-2-4-6-11/h3-6H,7-10H2,1H3. The summed E-state index contributed by atoms with van der Waals surface area (Å²) in [5, 5.41) is 0. The van der Waals surface area contributed by atoms with Gasteiger partial charge in [-0.25, -0.2) is 0 Å². The molecule has 2 rings (SSSR count). The first-order valence-corrected chi connectivity index (χ1v) is 5.05. The quantitative estimate of drug-likeness (QED) is 0.683. The van der Waals surface area contributed by atoms with Gasteiger partial charge in [-0.3, -0.25) is 0 Å². The fourth-order valence-corrected chi connectivity index (χ4v) is 1.63. The van der Waals surface area contributed by atoms with Crippen molar-refractivity contribution in [1.29, 1.82) is 0 Å². The molecule has 0 saturated carbocycles. The minimum Gasteiger partial charge on any atom is -0.382 e. The average Bonchev–Trinajstić information content (AvgIpc) is 2.23. The van der Waals surface area contributed by atoms with E-state index in [1.807, 2.05) is 24.3 Å². The third-order valence-electron chi connectivity index (χ3n) is 2.58. The van der Waals surface area contributed by atoms with E-state index in [4.69, 9.17) is 14.2 Å². The fraction of sp³-hybridized carbons (Fsp3) is 0.500. The van der Waals surface area contributed by atoms with Gasteiger partial charge in [0.25, 0.3) is 0 Å². The van der Waals surface area contributed by atoms with Crippen LogP contribution < -0.4 is 0 Å². The first-order valence-electron chi connectivity index (χ1n) is 5.05. The van der Waals surface area contributed by atoms with E-state index in [1.165, 1.54) is 0 Å². The summed E-state index contributed by atoms with van der Waals surface area (Å²) in [4.78, 5) is 0. The molecule has 0 aromatic heterocycles. The van der Waals surface area contributed by atoms with E-state index >= 15 is 0 Å². The zero-order valence-corrected chi connectivity index (χ0v) is 8.86. The maximum atomic E-state index is 5.83. The van der Waals surface area contributed by atoms with Gasteiger partial charge < -0.3 is 14.2 Å². The second-order valence-electron chi connectivity index (χ2n) is 3.62. The summed E-state index contributed by atoms with van der Waals surface area (Å²) in [5.41, 5.74) is 0.900. The van der Waals surface area contributed by atoms with Gasteiger partial charge in [0.1, 0.15) is 5.60 Å². The molecule has 0 aliphatic carbocycles. The van der Waals surface area contributed by atoms with Crippen LogP contribution in [0.4, 0.5) is 0 Å². The van der Waals surface area contributed by atoms with Crippen LogP contribution in [0.5, 0.6) is 0 Å².